The van der Waals surface area contributed by atoms with Crippen molar-refractivity contribution in [3.63, 3.8) is 0 Å². The molecule has 1 aliphatic heterocycles. The van der Waals surface area contributed by atoms with E-state index in [1.54, 1.807) is 6.08 Å². The molecule has 0 saturated carbocycles. The number of phenols is 1. The highest BCUT2D eigenvalue weighted by molar-refractivity contribution is 9.10. The number of aromatic hydroxyl groups is 1. The maximum Gasteiger partial charge on any atom is 0.271 e. The zero-order chi connectivity index (χ0) is 21.1. The number of anilines is 1. The Morgan fingerprint density at radius 1 is 1.34 bits per heavy atom. The predicted octanol–water partition coefficient (Wildman–Crippen LogP) is 3.90. The Kier molecular flexibility index (Phi) is 6.30. The molecule has 0 atom stereocenters. The topological polar surface area (TPSA) is 113 Å². The highest BCUT2D eigenvalue weighted by atomic mass is 79.9. The first kappa shape index (κ1) is 21.0. The van der Waals surface area contributed by atoms with Crippen LogP contribution >= 0.6 is 39.9 Å². The number of hydrogen-bond acceptors (Lipinski definition) is 7. The van der Waals surface area contributed by atoms with Gasteiger partial charge in [-0.15, -0.1) is 0 Å². The van der Waals surface area contributed by atoms with Crippen LogP contribution in [0.2, 0.25) is 0 Å². The lowest BCUT2D eigenvalue weighted by molar-refractivity contribution is -0.384. The molecule has 1 saturated heterocycles. The summed E-state index contributed by atoms with van der Waals surface area (Å²) in [6.07, 6.45) is 1.67. The van der Waals surface area contributed by atoms with Crippen LogP contribution in [-0.2, 0) is 9.59 Å². The van der Waals surface area contributed by atoms with E-state index >= 15 is 0 Å². The van der Waals surface area contributed by atoms with Crippen LogP contribution in [0, 0.1) is 10.1 Å². The molecule has 0 bridgehead atoms. The number of phenolic OH excluding ortho intramolecular Hbond substituents is 1. The molecule has 1 fully saturated rings. The maximum absolute atomic E-state index is 12.6. The molecule has 0 unspecified atom stereocenters. The van der Waals surface area contributed by atoms with Crippen molar-refractivity contribution in [2.24, 2.45) is 0 Å². The quantitative estimate of drug-likeness (QED) is 0.213. The summed E-state index contributed by atoms with van der Waals surface area (Å²) >= 11 is 9.64. The van der Waals surface area contributed by atoms with Crippen molar-refractivity contribution in [2.45, 2.75) is 0 Å². The highest BCUT2D eigenvalue weighted by Gasteiger charge is 2.33. The summed E-state index contributed by atoms with van der Waals surface area (Å²) < 4.78 is 1.08. The maximum atomic E-state index is 12.6. The average molecular weight is 494 g/mol. The van der Waals surface area contributed by atoms with Gasteiger partial charge in [-0.1, -0.05) is 52.0 Å². The predicted molar refractivity (Wildman–Crippen MR) is 117 cm³/mol. The van der Waals surface area contributed by atoms with Gasteiger partial charge in [0.1, 0.15) is 16.6 Å². The molecule has 2 N–H and O–H groups in total. The fourth-order valence-corrected chi connectivity index (χ4v) is 4.13. The number of nitro groups is 1. The van der Waals surface area contributed by atoms with E-state index in [2.05, 4.69) is 21.2 Å². The Hall–Kier alpha value is -2.76. The number of benzene rings is 2. The number of halogens is 1. The second kappa shape index (κ2) is 8.72. The van der Waals surface area contributed by atoms with Crippen LogP contribution in [0.1, 0.15) is 5.56 Å². The van der Waals surface area contributed by atoms with Crippen LogP contribution in [0.4, 0.5) is 11.4 Å². The van der Waals surface area contributed by atoms with E-state index in [0.717, 1.165) is 44.9 Å². The summed E-state index contributed by atoms with van der Waals surface area (Å²) in [4.78, 5) is 36.7. The number of thiocarbonyl (C=S) groups is 1. The Labute approximate surface area is 182 Å². The molecule has 1 aliphatic rings. The number of nitro benzene ring substituents is 1. The van der Waals surface area contributed by atoms with Crippen molar-refractivity contribution in [3.05, 3.63) is 67.5 Å². The summed E-state index contributed by atoms with van der Waals surface area (Å²) in [5.74, 6) is -1.40. The highest BCUT2D eigenvalue weighted by Crippen LogP contribution is 2.33. The van der Waals surface area contributed by atoms with Gasteiger partial charge < -0.3 is 10.4 Å². The van der Waals surface area contributed by atoms with Gasteiger partial charge in [-0.05, 0) is 29.8 Å². The molecule has 8 nitrogen and oxygen atoms in total. The molecule has 0 spiro atoms. The minimum atomic E-state index is -0.652. The third kappa shape index (κ3) is 5.00. The number of thioether (sulfide) groups is 1. The first-order valence-electron chi connectivity index (χ1n) is 8.03. The summed E-state index contributed by atoms with van der Waals surface area (Å²) in [5, 5.41) is 23.0. The van der Waals surface area contributed by atoms with Crippen LogP contribution in [-0.4, -0.2) is 37.6 Å². The van der Waals surface area contributed by atoms with Gasteiger partial charge in [-0.25, -0.2) is 0 Å². The monoisotopic (exact) mass is 493 g/mol. The molecular formula is C18H12BrN3O5S2. The Balaban J connectivity index is 1.72. The number of rotatable bonds is 5. The first-order valence-corrected chi connectivity index (χ1v) is 10.0. The minimum Gasteiger partial charge on any atom is -0.506 e. The molecule has 11 heteroatoms. The van der Waals surface area contributed by atoms with Gasteiger partial charge in [0.05, 0.1) is 15.5 Å². The molecule has 148 valence electrons. The van der Waals surface area contributed by atoms with E-state index in [1.807, 2.05) is 24.3 Å². The Bertz CT molecular complexity index is 1070. The molecule has 2 aromatic rings. The summed E-state index contributed by atoms with van der Waals surface area (Å²) in [5.41, 5.74) is 0.380. The SMILES string of the molecule is O=C(CN1C(=O)C(=Cc2cccc(Br)c2)SC1=S)Nc1cc([N+](=O)[O-])ccc1O. The summed E-state index contributed by atoms with van der Waals surface area (Å²) in [6, 6.07) is 10.6. The van der Waals surface area contributed by atoms with Crippen LogP contribution in [0.15, 0.2) is 51.8 Å². The van der Waals surface area contributed by atoms with Gasteiger partial charge >= 0.3 is 0 Å². The van der Waals surface area contributed by atoms with E-state index in [-0.39, 0.29) is 28.0 Å². The summed E-state index contributed by atoms with van der Waals surface area (Å²) in [6.45, 7) is -0.386. The van der Waals surface area contributed by atoms with Gasteiger partial charge in [-0.2, -0.15) is 0 Å². The average Bonchev–Trinajstić information content (AvgIpc) is 2.91. The minimum absolute atomic E-state index is 0.126. The van der Waals surface area contributed by atoms with Gasteiger partial charge in [0.15, 0.2) is 0 Å². The fraction of sp³-hybridized carbons (Fsp3) is 0.0556. The van der Waals surface area contributed by atoms with Gasteiger partial charge in [0.2, 0.25) is 5.91 Å². The zero-order valence-corrected chi connectivity index (χ0v) is 17.7. The Morgan fingerprint density at radius 2 is 2.10 bits per heavy atom. The van der Waals surface area contributed by atoms with E-state index in [9.17, 15) is 24.8 Å². The lowest BCUT2D eigenvalue weighted by Gasteiger charge is -2.14. The first-order chi connectivity index (χ1) is 13.7. The van der Waals surface area contributed by atoms with Crippen LogP contribution in [0.25, 0.3) is 6.08 Å². The van der Waals surface area contributed by atoms with Crippen LogP contribution < -0.4 is 5.32 Å². The van der Waals surface area contributed by atoms with Gasteiger partial charge in [-0.3, -0.25) is 24.6 Å². The van der Waals surface area contributed by atoms with Gasteiger partial charge in [0, 0.05) is 16.6 Å². The van der Waals surface area contributed by atoms with Gasteiger partial charge in [0.25, 0.3) is 11.6 Å². The van der Waals surface area contributed by atoms with Crippen molar-refractivity contribution in [2.75, 3.05) is 11.9 Å². The van der Waals surface area contributed by atoms with E-state index < -0.39 is 16.7 Å². The Morgan fingerprint density at radius 3 is 2.79 bits per heavy atom. The normalized spacial score (nSPS) is 15.1. The number of carbonyl (C=O) groups excluding carboxylic acids is 2. The zero-order valence-electron chi connectivity index (χ0n) is 14.5. The number of nitrogens with zero attached hydrogens (tertiary/aromatic N) is 2. The van der Waals surface area contributed by atoms with Crippen LogP contribution in [0.5, 0.6) is 5.75 Å². The molecule has 2 amide bonds. The number of amides is 2. The van der Waals surface area contributed by atoms with E-state index in [0.29, 0.717) is 4.91 Å². The molecule has 0 aromatic heterocycles. The molecule has 0 radical (unpaired) electrons. The van der Waals surface area contributed by atoms with E-state index in [1.165, 1.54) is 0 Å². The number of nitrogens with one attached hydrogen (secondary N) is 1. The third-order valence-electron chi connectivity index (χ3n) is 3.79. The number of non-ortho nitro benzene ring substituents is 1. The van der Waals surface area contributed by atoms with Crippen LogP contribution in [0.3, 0.4) is 0 Å². The van der Waals surface area contributed by atoms with Crippen molar-refractivity contribution in [3.8, 4) is 5.75 Å². The number of hydrogen-bond donors (Lipinski definition) is 2. The molecule has 29 heavy (non-hydrogen) atoms. The molecular weight excluding hydrogens is 482 g/mol. The molecule has 2 aromatic carbocycles. The van der Waals surface area contributed by atoms with Crippen molar-refractivity contribution in [1.82, 2.24) is 4.90 Å². The largest absolute Gasteiger partial charge is 0.506 e. The fourth-order valence-electron chi connectivity index (χ4n) is 2.46. The molecule has 0 aliphatic carbocycles. The second-order valence-corrected chi connectivity index (χ2v) is 8.42. The molecule has 3 rings (SSSR count). The number of carbonyl (C=O) groups is 2. The van der Waals surface area contributed by atoms with Crippen molar-refractivity contribution < 1.29 is 19.6 Å². The summed E-state index contributed by atoms with van der Waals surface area (Å²) in [7, 11) is 0. The van der Waals surface area contributed by atoms with Crippen molar-refractivity contribution >= 4 is 73.5 Å². The third-order valence-corrected chi connectivity index (χ3v) is 5.66. The second-order valence-electron chi connectivity index (χ2n) is 5.83. The van der Waals surface area contributed by atoms with E-state index in [4.69, 9.17) is 12.2 Å². The molecule has 1 heterocycles. The van der Waals surface area contributed by atoms with Crippen molar-refractivity contribution in [1.29, 1.82) is 0 Å². The standard InChI is InChI=1S/C18H12BrN3O5S2/c19-11-3-1-2-10(6-11)7-15-17(25)21(18(28)29-15)9-16(24)20-13-8-12(22(26)27)4-5-14(13)23/h1-8,23H,9H2,(H,20,24). The lowest BCUT2D eigenvalue weighted by Crippen LogP contribution is -2.36. The lowest BCUT2D eigenvalue weighted by atomic mass is 10.2. The smallest absolute Gasteiger partial charge is 0.271 e.